The van der Waals surface area contributed by atoms with Crippen LogP contribution in [0, 0.1) is 46.3 Å². The Labute approximate surface area is 194 Å². The van der Waals surface area contributed by atoms with Gasteiger partial charge in [-0.05, 0) is 92.3 Å². The molecule has 0 saturated heterocycles. The average molecular weight is 513 g/mol. The Bertz CT molecular complexity index is 612. The van der Waals surface area contributed by atoms with Crippen LogP contribution in [0.25, 0.3) is 0 Å². The Morgan fingerprint density at radius 3 is 2.59 bits per heavy atom. The Hall–Kier alpha value is 0.430. The number of hydrogen-bond acceptors (Lipinski definition) is 1. The molecule has 29 heavy (non-hydrogen) atoms. The van der Waals surface area contributed by atoms with Gasteiger partial charge in [0.15, 0.2) is 0 Å². The van der Waals surface area contributed by atoms with E-state index < -0.39 is 0 Å². The van der Waals surface area contributed by atoms with Gasteiger partial charge in [0.2, 0.25) is 0 Å². The maximum atomic E-state index is 10.3. The van der Waals surface area contributed by atoms with Crippen LogP contribution >= 0.6 is 22.6 Å². The molecule has 0 aliphatic heterocycles. The summed E-state index contributed by atoms with van der Waals surface area (Å²) in [4.78, 5) is 0. The Kier molecular flexibility index (Phi) is 6.83. The minimum Gasteiger partial charge on any atom is -0.393 e. The molecule has 0 amide bonds. The van der Waals surface area contributed by atoms with E-state index in [-0.39, 0.29) is 6.10 Å². The van der Waals surface area contributed by atoms with E-state index in [2.05, 4.69) is 56.4 Å². The van der Waals surface area contributed by atoms with Crippen molar-refractivity contribution in [3.63, 3.8) is 0 Å². The molecule has 3 saturated carbocycles. The molecule has 0 spiro atoms. The second kappa shape index (κ2) is 8.75. The summed E-state index contributed by atoms with van der Waals surface area (Å²) in [6.07, 6.45) is 17.2. The zero-order valence-corrected chi connectivity index (χ0v) is 21.6. The van der Waals surface area contributed by atoms with E-state index in [1.807, 2.05) is 0 Å². The van der Waals surface area contributed by atoms with Crippen molar-refractivity contribution in [2.45, 2.75) is 104 Å². The standard InChI is InChI=1S/C27H45IO/c1-18(2)6-5-7-19(3)23-10-11-24-22-9-8-20-16-21(29)12-15-27(20,17-28)25(22)13-14-26(23,24)4/h8,18-19,21-25,29H,5-7,9-17H2,1-4H3/t19-,21+,22+,23-,24-,25+,26-,27-/m1/s1. The van der Waals surface area contributed by atoms with Crippen LogP contribution in [-0.2, 0) is 0 Å². The van der Waals surface area contributed by atoms with Gasteiger partial charge in [-0.2, -0.15) is 0 Å². The predicted octanol–water partition coefficient (Wildman–Crippen LogP) is 7.80. The second-order valence-electron chi connectivity index (χ2n) is 12.1. The lowest BCUT2D eigenvalue weighted by Crippen LogP contribution is -2.52. The lowest BCUT2D eigenvalue weighted by atomic mass is 9.47. The Balaban J connectivity index is 1.51. The first-order valence-electron chi connectivity index (χ1n) is 12.8. The lowest BCUT2D eigenvalue weighted by Gasteiger charge is -2.59. The fraction of sp³-hybridized carbons (Fsp3) is 0.926. The average Bonchev–Trinajstić information content (AvgIpc) is 3.04. The van der Waals surface area contributed by atoms with E-state index in [4.69, 9.17) is 0 Å². The topological polar surface area (TPSA) is 20.2 Å². The molecule has 4 aliphatic carbocycles. The minimum atomic E-state index is -0.0784. The van der Waals surface area contributed by atoms with Crippen molar-refractivity contribution in [2.24, 2.45) is 46.3 Å². The third-order valence-corrected chi connectivity index (χ3v) is 11.6. The first-order valence-corrected chi connectivity index (χ1v) is 14.3. The number of rotatable bonds is 6. The molecule has 2 heteroatoms. The number of hydrogen-bond donors (Lipinski definition) is 1. The van der Waals surface area contributed by atoms with Crippen LogP contribution in [0.4, 0.5) is 0 Å². The van der Waals surface area contributed by atoms with Crippen LogP contribution in [0.3, 0.4) is 0 Å². The van der Waals surface area contributed by atoms with Gasteiger partial charge in [-0.25, -0.2) is 0 Å². The number of alkyl halides is 1. The van der Waals surface area contributed by atoms with Gasteiger partial charge in [0.25, 0.3) is 0 Å². The number of allylic oxidation sites excluding steroid dienone is 1. The zero-order chi connectivity index (χ0) is 20.8. The summed E-state index contributed by atoms with van der Waals surface area (Å²) in [5.74, 6) is 5.46. The molecule has 4 rings (SSSR count). The fourth-order valence-electron chi connectivity index (χ4n) is 8.71. The summed E-state index contributed by atoms with van der Waals surface area (Å²) >= 11 is 2.68. The SMILES string of the molecule is CC(C)CCC[C@@H](C)[C@H]1CC[C@@H]2[C@@H]3CC=C4C[C@@H](O)CC[C@]4(CI)[C@H]3CC[C@@]21C. The van der Waals surface area contributed by atoms with Gasteiger partial charge in [0.1, 0.15) is 0 Å². The van der Waals surface area contributed by atoms with Crippen LogP contribution < -0.4 is 0 Å². The molecule has 0 unspecified atom stereocenters. The molecule has 0 heterocycles. The van der Waals surface area contributed by atoms with E-state index in [0.29, 0.717) is 10.8 Å². The molecule has 0 aromatic rings. The smallest absolute Gasteiger partial charge is 0.0577 e. The van der Waals surface area contributed by atoms with Crippen molar-refractivity contribution in [1.82, 2.24) is 0 Å². The molecule has 4 aliphatic rings. The first kappa shape index (κ1) is 22.6. The van der Waals surface area contributed by atoms with Crippen LogP contribution in [0.1, 0.15) is 98.3 Å². The fourth-order valence-corrected chi connectivity index (χ4v) is 10.1. The summed E-state index contributed by atoms with van der Waals surface area (Å²) < 4.78 is 1.27. The van der Waals surface area contributed by atoms with Gasteiger partial charge in [-0.1, -0.05) is 81.2 Å². The largest absolute Gasteiger partial charge is 0.393 e. The van der Waals surface area contributed by atoms with Gasteiger partial charge < -0.3 is 5.11 Å². The quantitative estimate of drug-likeness (QED) is 0.219. The molecular formula is C27H45IO. The maximum Gasteiger partial charge on any atom is 0.0577 e. The molecular weight excluding hydrogens is 467 g/mol. The molecule has 0 bridgehead atoms. The van der Waals surface area contributed by atoms with Gasteiger partial charge in [0, 0.05) is 9.84 Å². The van der Waals surface area contributed by atoms with Crippen molar-refractivity contribution in [3.05, 3.63) is 11.6 Å². The lowest BCUT2D eigenvalue weighted by molar-refractivity contribution is -0.0548. The normalized spacial score (nSPS) is 45.3. The number of fused-ring (bicyclic) bond motifs is 5. The third-order valence-electron chi connectivity index (χ3n) is 10.2. The van der Waals surface area contributed by atoms with Crippen molar-refractivity contribution >= 4 is 22.6 Å². The monoisotopic (exact) mass is 512 g/mol. The highest BCUT2D eigenvalue weighted by Gasteiger charge is 2.59. The highest BCUT2D eigenvalue weighted by molar-refractivity contribution is 14.1. The molecule has 1 nitrogen and oxygen atoms in total. The van der Waals surface area contributed by atoms with Crippen LogP contribution in [0.2, 0.25) is 0 Å². The van der Waals surface area contributed by atoms with Crippen LogP contribution in [0.5, 0.6) is 0 Å². The first-order chi connectivity index (χ1) is 13.8. The van der Waals surface area contributed by atoms with E-state index >= 15 is 0 Å². The van der Waals surface area contributed by atoms with Gasteiger partial charge in [-0.15, -0.1) is 0 Å². The summed E-state index contributed by atoms with van der Waals surface area (Å²) in [5, 5.41) is 10.3. The van der Waals surface area contributed by atoms with E-state index in [1.165, 1.54) is 62.2 Å². The summed E-state index contributed by atoms with van der Waals surface area (Å²) in [6.45, 7) is 10.0. The maximum absolute atomic E-state index is 10.3. The van der Waals surface area contributed by atoms with E-state index in [1.54, 1.807) is 5.57 Å². The summed E-state index contributed by atoms with van der Waals surface area (Å²) in [5.41, 5.74) is 2.65. The second-order valence-corrected chi connectivity index (χ2v) is 12.8. The van der Waals surface area contributed by atoms with Crippen molar-refractivity contribution in [3.8, 4) is 0 Å². The Morgan fingerprint density at radius 1 is 1.07 bits per heavy atom. The number of halogens is 1. The molecule has 0 radical (unpaired) electrons. The van der Waals surface area contributed by atoms with E-state index in [9.17, 15) is 5.11 Å². The highest BCUT2D eigenvalue weighted by Crippen LogP contribution is 2.67. The van der Waals surface area contributed by atoms with Gasteiger partial charge in [0.05, 0.1) is 6.10 Å². The summed E-state index contributed by atoms with van der Waals surface area (Å²) in [6, 6.07) is 0. The van der Waals surface area contributed by atoms with Crippen molar-refractivity contribution in [2.75, 3.05) is 4.43 Å². The molecule has 1 N–H and O–H groups in total. The highest BCUT2D eigenvalue weighted by atomic mass is 127. The van der Waals surface area contributed by atoms with Gasteiger partial charge in [-0.3, -0.25) is 0 Å². The number of aliphatic hydroxyl groups is 1. The Morgan fingerprint density at radius 2 is 1.86 bits per heavy atom. The van der Waals surface area contributed by atoms with E-state index in [0.717, 1.165) is 48.3 Å². The number of aliphatic hydroxyl groups excluding tert-OH is 1. The molecule has 0 aromatic heterocycles. The minimum absolute atomic E-state index is 0.0784. The van der Waals surface area contributed by atoms with Crippen LogP contribution in [0.15, 0.2) is 11.6 Å². The molecule has 0 aromatic carbocycles. The third kappa shape index (κ3) is 3.89. The molecule has 8 atom stereocenters. The van der Waals surface area contributed by atoms with Gasteiger partial charge >= 0.3 is 0 Å². The van der Waals surface area contributed by atoms with Crippen molar-refractivity contribution in [1.29, 1.82) is 0 Å². The molecule has 3 fully saturated rings. The molecule has 166 valence electrons. The van der Waals surface area contributed by atoms with Crippen LogP contribution in [-0.4, -0.2) is 15.6 Å². The van der Waals surface area contributed by atoms with Crippen molar-refractivity contribution < 1.29 is 5.11 Å². The summed E-state index contributed by atoms with van der Waals surface area (Å²) in [7, 11) is 0. The zero-order valence-electron chi connectivity index (χ0n) is 19.4. The predicted molar refractivity (Wildman–Crippen MR) is 132 cm³/mol.